The highest BCUT2D eigenvalue weighted by atomic mass is 31.0. The maximum Gasteiger partial charge on any atom is 0.160 e. The second-order valence-electron chi connectivity index (χ2n) is 1.93. The Morgan fingerprint density at radius 3 is 2.75 bits per heavy atom. The van der Waals surface area contributed by atoms with Crippen molar-refractivity contribution in [1.29, 1.82) is 0 Å². The van der Waals surface area contributed by atoms with E-state index in [1.807, 2.05) is 0 Å². The average molecular weight is 134 g/mol. The van der Waals surface area contributed by atoms with Gasteiger partial charge in [-0.1, -0.05) is 0 Å². The van der Waals surface area contributed by atoms with Crippen molar-refractivity contribution in [3.05, 3.63) is 0 Å². The van der Waals surface area contributed by atoms with E-state index in [2.05, 4.69) is 9.47 Å². The Bertz CT molecular complexity index is 61.4. The summed E-state index contributed by atoms with van der Waals surface area (Å²) in [7, 11) is 2.22. The van der Waals surface area contributed by atoms with Crippen LogP contribution >= 0.6 is 9.47 Å². The van der Waals surface area contributed by atoms with Crippen LogP contribution in [0.15, 0.2) is 0 Å². The molecule has 0 bridgehead atoms. The summed E-state index contributed by atoms with van der Waals surface area (Å²) in [5.41, 5.74) is 0. The molecule has 0 aliphatic carbocycles. The molecule has 1 rings (SSSR count). The van der Waals surface area contributed by atoms with Gasteiger partial charge < -0.3 is 9.26 Å². The molecule has 1 heterocycles. The summed E-state index contributed by atoms with van der Waals surface area (Å²) in [6, 6.07) is 0. The van der Waals surface area contributed by atoms with E-state index >= 15 is 0 Å². The van der Waals surface area contributed by atoms with Crippen LogP contribution in [0.2, 0.25) is 0 Å². The Morgan fingerprint density at radius 2 is 2.38 bits per heavy atom. The first kappa shape index (κ1) is 6.47. The van der Waals surface area contributed by atoms with E-state index < -0.39 is 0 Å². The summed E-state index contributed by atoms with van der Waals surface area (Å²) < 4.78 is 10.1. The van der Waals surface area contributed by atoms with Crippen LogP contribution in [0.4, 0.5) is 0 Å². The lowest BCUT2D eigenvalue weighted by molar-refractivity contribution is -0.0967. The maximum absolute atomic E-state index is 5.18. The van der Waals surface area contributed by atoms with Gasteiger partial charge in [0.05, 0.1) is 0 Å². The Balaban J connectivity index is 2.13. The van der Waals surface area contributed by atoms with Crippen LogP contribution in [0.1, 0.15) is 19.3 Å². The molecule has 0 radical (unpaired) electrons. The molecule has 3 heteroatoms. The molecule has 0 aromatic heterocycles. The van der Waals surface area contributed by atoms with E-state index in [1.54, 1.807) is 0 Å². The molecular weight excluding hydrogens is 123 g/mol. The van der Waals surface area contributed by atoms with Gasteiger partial charge in [-0.2, -0.15) is 0 Å². The predicted octanol–water partition coefficient (Wildman–Crippen LogP) is 1.32. The van der Waals surface area contributed by atoms with Gasteiger partial charge in [0, 0.05) is 16.1 Å². The molecule has 0 spiro atoms. The Kier molecular flexibility index (Phi) is 2.74. The van der Waals surface area contributed by atoms with Gasteiger partial charge in [0.15, 0.2) is 6.29 Å². The van der Waals surface area contributed by atoms with Crippen molar-refractivity contribution < 1.29 is 9.26 Å². The van der Waals surface area contributed by atoms with Crippen molar-refractivity contribution in [2.45, 2.75) is 25.6 Å². The molecule has 0 amide bonds. The van der Waals surface area contributed by atoms with E-state index in [0.29, 0.717) is 0 Å². The van der Waals surface area contributed by atoms with Crippen LogP contribution in [0.3, 0.4) is 0 Å². The van der Waals surface area contributed by atoms with Crippen LogP contribution in [0, 0.1) is 0 Å². The van der Waals surface area contributed by atoms with E-state index in [9.17, 15) is 0 Å². The molecule has 48 valence electrons. The molecule has 0 aromatic rings. The molecule has 0 aromatic carbocycles. The summed E-state index contributed by atoms with van der Waals surface area (Å²) in [5, 5.41) is 0. The average Bonchev–Trinajstić information content (AvgIpc) is 1.90. The predicted molar refractivity (Wildman–Crippen MR) is 34.4 cm³/mol. The normalized spacial score (nSPS) is 30.4. The van der Waals surface area contributed by atoms with Gasteiger partial charge in [-0.05, 0) is 19.3 Å². The molecule has 2 nitrogen and oxygen atoms in total. The van der Waals surface area contributed by atoms with Gasteiger partial charge in [0.2, 0.25) is 0 Å². The molecule has 8 heavy (non-hydrogen) atoms. The molecule has 2 atom stereocenters. The SMILES string of the molecule is POC1CCCCO1. The standard InChI is InChI=1S/C5H11O2P/c8-7-5-3-1-2-4-6-5/h5H,1-4,8H2. The Hall–Kier alpha value is 0.350. The second-order valence-corrected chi connectivity index (χ2v) is 2.20. The zero-order chi connectivity index (χ0) is 5.82. The molecule has 1 aliphatic rings. The minimum absolute atomic E-state index is 0.0498. The van der Waals surface area contributed by atoms with Crippen LogP contribution < -0.4 is 0 Å². The summed E-state index contributed by atoms with van der Waals surface area (Å²) in [6.45, 7) is 0.860. The minimum Gasteiger partial charge on any atom is -0.352 e. The number of hydrogen-bond acceptors (Lipinski definition) is 2. The van der Waals surface area contributed by atoms with Gasteiger partial charge in [-0.15, -0.1) is 0 Å². The highest BCUT2D eigenvalue weighted by Gasteiger charge is 2.10. The first-order valence-corrected chi connectivity index (χ1v) is 3.38. The zero-order valence-electron chi connectivity index (χ0n) is 4.80. The molecular formula is C5H11O2P. The van der Waals surface area contributed by atoms with Gasteiger partial charge in [0.25, 0.3) is 0 Å². The fourth-order valence-electron chi connectivity index (χ4n) is 0.819. The number of rotatable bonds is 1. The quantitative estimate of drug-likeness (QED) is 0.503. The summed E-state index contributed by atoms with van der Waals surface area (Å²) >= 11 is 0. The van der Waals surface area contributed by atoms with Crippen molar-refractivity contribution in [2.75, 3.05) is 6.61 Å². The van der Waals surface area contributed by atoms with Crippen molar-refractivity contribution in [1.82, 2.24) is 0 Å². The fraction of sp³-hybridized carbons (Fsp3) is 1.00. The largest absolute Gasteiger partial charge is 0.352 e. The lowest BCUT2D eigenvalue weighted by Crippen LogP contribution is -2.18. The summed E-state index contributed by atoms with van der Waals surface area (Å²) in [5.74, 6) is 0. The highest BCUT2D eigenvalue weighted by molar-refractivity contribution is 7.09. The van der Waals surface area contributed by atoms with Crippen LogP contribution in [0.5, 0.6) is 0 Å². The van der Waals surface area contributed by atoms with Gasteiger partial charge in [-0.3, -0.25) is 0 Å². The van der Waals surface area contributed by atoms with Gasteiger partial charge in [-0.25, -0.2) is 0 Å². The molecule has 0 N–H and O–H groups in total. The van der Waals surface area contributed by atoms with Crippen molar-refractivity contribution in [3.8, 4) is 0 Å². The Labute approximate surface area is 51.8 Å². The monoisotopic (exact) mass is 134 g/mol. The minimum atomic E-state index is 0.0498. The number of hydrogen-bond donors (Lipinski definition) is 0. The van der Waals surface area contributed by atoms with Crippen molar-refractivity contribution in [2.24, 2.45) is 0 Å². The third-order valence-corrected chi connectivity index (χ3v) is 1.59. The number of ether oxygens (including phenoxy) is 1. The molecule has 0 saturated carbocycles. The molecule has 1 saturated heterocycles. The van der Waals surface area contributed by atoms with Gasteiger partial charge in [0.1, 0.15) is 0 Å². The Morgan fingerprint density at radius 1 is 1.50 bits per heavy atom. The summed E-state index contributed by atoms with van der Waals surface area (Å²) in [6.07, 6.45) is 3.52. The molecule has 2 unspecified atom stereocenters. The topological polar surface area (TPSA) is 18.5 Å². The third-order valence-electron chi connectivity index (χ3n) is 1.29. The lowest BCUT2D eigenvalue weighted by atomic mass is 10.2. The molecule has 1 aliphatic heterocycles. The zero-order valence-corrected chi connectivity index (χ0v) is 5.95. The van der Waals surface area contributed by atoms with E-state index in [-0.39, 0.29) is 6.29 Å². The van der Waals surface area contributed by atoms with Crippen LogP contribution in [-0.4, -0.2) is 12.9 Å². The smallest absolute Gasteiger partial charge is 0.160 e. The van der Waals surface area contributed by atoms with Gasteiger partial charge >= 0.3 is 0 Å². The first-order valence-electron chi connectivity index (χ1n) is 2.90. The van der Waals surface area contributed by atoms with Crippen molar-refractivity contribution in [3.63, 3.8) is 0 Å². The van der Waals surface area contributed by atoms with Crippen LogP contribution in [0.25, 0.3) is 0 Å². The van der Waals surface area contributed by atoms with E-state index in [0.717, 1.165) is 13.0 Å². The summed E-state index contributed by atoms with van der Waals surface area (Å²) in [4.78, 5) is 0. The third kappa shape index (κ3) is 1.70. The first-order chi connectivity index (χ1) is 3.93. The second kappa shape index (κ2) is 3.39. The van der Waals surface area contributed by atoms with E-state index in [1.165, 1.54) is 12.8 Å². The fourth-order valence-corrected chi connectivity index (χ4v) is 1.03. The molecule has 1 fully saturated rings. The lowest BCUT2D eigenvalue weighted by Gasteiger charge is -2.19. The van der Waals surface area contributed by atoms with E-state index in [4.69, 9.17) is 9.26 Å². The van der Waals surface area contributed by atoms with Crippen molar-refractivity contribution >= 4 is 9.47 Å². The van der Waals surface area contributed by atoms with Crippen LogP contribution in [-0.2, 0) is 9.26 Å². The maximum atomic E-state index is 5.18. The highest BCUT2D eigenvalue weighted by Crippen LogP contribution is 2.14.